The third kappa shape index (κ3) is 3.84. The van der Waals surface area contributed by atoms with Gasteiger partial charge in [-0.15, -0.1) is 11.3 Å². The molecule has 0 spiro atoms. The zero-order chi connectivity index (χ0) is 21.3. The van der Waals surface area contributed by atoms with E-state index < -0.39 is 22.0 Å². The summed E-state index contributed by atoms with van der Waals surface area (Å²) >= 11 is 1.39. The maximum atomic E-state index is 12.8. The Labute approximate surface area is 180 Å². The molecule has 0 bridgehead atoms. The minimum atomic E-state index is -3.77. The monoisotopic (exact) mass is 439 g/mol. The minimum absolute atomic E-state index is 0.118. The summed E-state index contributed by atoms with van der Waals surface area (Å²) in [6.07, 6.45) is 4.08. The van der Waals surface area contributed by atoms with Crippen LogP contribution in [-0.2, 0) is 21.4 Å². The normalized spacial score (nSPS) is 16.6. The molecule has 154 valence electrons. The molecule has 0 saturated heterocycles. The topological polar surface area (TPSA) is 74.7 Å². The first kappa shape index (κ1) is 20.5. The third-order valence-electron chi connectivity index (χ3n) is 5.15. The van der Waals surface area contributed by atoms with E-state index in [-0.39, 0.29) is 17.9 Å². The van der Waals surface area contributed by atoms with Crippen LogP contribution in [0.15, 0.2) is 65.6 Å². The molecule has 5 nitrogen and oxygen atoms in total. The number of sulfonamides is 1. The van der Waals surface area contributed by atoms with Crippen molar-refractivity contribution in [3.8, 4) is 11.1 Å². The van der Waals surface area contributed by atoms with E-state index in [1.54, 1.807) is 13.0 Å². The summed E-state index contributed by atoms with van der Waals surface area (Å²) in [7, 11) is -3.77. The first-order valence-corrected chi connectivity index (χ1v) is 11.9. The summed E-state index contributed by atoms with van der Waals surface area (Å²) in [4.78, 5) is 13.2. The number of thiophene rings is 1. The number of benzene rings is 2. The van der Waals surface area contributed by atoms with Gasteiger partial charge in [-0.2, -0.15) is 4.31 Å². The highest BCUT2D eigenvalue weighted by atomic mass is 32.2. The Hall–Kier alpha value is -2.74. The molecule has 4 rings (SSSR count). The van der Waals surface area contributed by atoms with E-state index in [0.717, 1.165) is 25.9 Å². The number of hydrogen-bond acceptors (Lipinski definition) is 4. The van der Waals surface area contributed by atoms with Crippen molar-refractivity contribution >= 4 is 39.5 Å². The van der Waals surface area contributed by atoms with Gasteiger partial charge in [0.05, 0.1) is 11.4 Å². The van der Waals surface area contributed by atoms with E-state index in [1.807, 2.05) is 42.5 Å². The summed E-state index contributed by atoms with van der Waals surface area (Å²) in [6.45, 7) is 1.80. The van der Waals surface area contributed by atoms with Crippen LogP contribution in [0, 0.1) is 0 Å². The fraction of sp³-hybridized carbons (Fsp3) is 0.174. The lowest BCUT2D eigenvalue weighted by Gasteiger charge is -2.21. The Morgan fingerprint density at radius 3 is 2.37 bits per heavy atom. The maximum Gasteiger partial charge on any atom is 0.322 e. The second-order valence-corrected chi connectivity index (χ2v) is 10.1. The molecule has 1 unspecified atom stereocenters. The number of rotatable bonds is 6. The van der Waals surface area contributed by atoms with Gasteiger partial charge >= 0.3 is 5.97 Å². The average Bonchev–Trinajstić information content (AvgIpc) is 3.26. The summed E-state index contributed by atoms with van der Waals surface area (Å²) in [5.41, 5.74) is 3.31. The van der Waals surface area contributed by atoms with Gasteiger partial charge in [0.25, 0.3) is 0 Å². The van der Waals surface area contributed by atoms with Gasteiger partial charge in [-0.25, -0.2) is 8.42 Å². The van der Waals surface area contributed by atoms with Crippen LogP contribution in [0.4, 0.5) is 0 Å². The van der Waals surface area contributed by atoms with Crippen molar-refractivity contribution in [1.29, 1.82) is 0 Å². The van der Waals surface area contributed by atoms with Gasteiger partial charge in [0.15, 0.2) is 0 Å². The van der Waals surface area contributed by atoms with Crippen molar-refractivity contribution < 1.29 is 18.3 Å². The Morgan fingerprint density at radius 2 is 1.77 bits per heavy atom. The molecule has 0 aliphatic carbocycles. The van der Waals surface area contributed by atoms with Crippen LogP contribution in [0.3, 0.4) is 0 Å². The first-order valence-electron chi connectivity index (χ1n) is 9.61. The molecular weight excluding hydrogens is 418 g/mol. The van der Waals surface area contributed by atoms with E-state index in [2.05, 4.69) is 24.3 Å². The fourth-order valence-corrected chi connectivity index (χ4v) is 6.88. The van der Waals surface area contributed by atoms with Crippen molar-refractivity contribution in [1.82, 2.24) is 4.31 Å². The van der Waals surface area contributed by atoms with Crippen molar-refractivity contribution in [2.75, 3.05) is 0 Å². The molecule has 3 aromatic rings. The quantitative estimate of drug-likeness (QED) is 0.590. The maximum absolute atomic E-state index is 12.8. The van der Waals surface area contributed by atoms with Gasteiger partial charge in [-0.3, -0.25) is 4.79 Å². The Morgan fingerprint density at radius 1 is 1.10 bits per heavy atom. The van der Waals surface area contributed by atoms with Crippen LogP contribution < -0.4 is 0 Å². The van der Waals surface area contributed by atoms with E-state index >= 15 is 0 Å². The summed E-state index contributed by atoms with van der Waals surface area (Å²) in [6, 6.07) is 18.9. The molecule has 2 aromatic carbocycles. The molecule has 2 heterocycles. The highest BCUT2D eigenvalue weighted by Crippen LogP contribution is 2.39. The van der Waals surface area contributed by atoms with Crippen molar-refractivity contribution in [3.05, 3.63) is 76.0 Å². The molecule has 30 heavy (non-hydrogen) atoms. The summed E-state index contributed by atoms with van der Waals surface area (Å²) in [5.74, 6) is -1.12. The van der Waals surface area contributed by atoms with Crippen LogP contribution in [-0.4, -0.2) is 29.8 Å². The molecule has 1 atom stereocenters. The molecule has 0 fully saturated rings. The summed E-state index contributed by atoms with van der Waals surface area (Å²) < 4.78 is 26.7. The molecule has 1 aliphatic heterocycles. The van der Waals surface area contributed by atoms with Gasteiger partial charge < -0.3 is 5.11 Å². The number of hydrogen-bond donors (Lipinski definition) is 1. The average molecular weight is 440 g/mol. The van der Waals surface area contributed by atoms with Crippen molar-refractivity contribution in [2.24, 2.45) is 0 Å². The number of nitrogens with zero attached hydrogens (tertiary/aromatic N) is 1. The van der Waals surface area contributed by atoms with Gasteiger partial charge in [-0.05, 0) is 35.3 Å². The SMILES string of the molecule is CCC(C(=O)O)N1Cc2sc(C=Cc3ccc(-c4ccccc4)cc3)cc2S1(=O)=O. The second kappa shape index (κ2) is 8.18. The molecular formula is C23H21NO4S2. The van der Waals surface area contributed by atoms with E-state index in [0.29, 0.717) is 4.88 Å². The highest BCUT2D eigenvalue weighted by molar-refractivity contribution is 7.89. The molecule has 1 aromatic heterocycles. The van der Waals surface area contributed by atoms with E-state index in [9.17, 15) is 18.3 Å². The minimum Gasteiger partial charge on any atom is -0.480 e. The number of fused-ring (bicyclic) bond motifs is 1. The number of carbonyl (C=O) groups is 1. The van der Waals surface area contributed by atoms with Crippen LogP contribution >= 0.6 is 11.3 Å². The number of carboxylic acid groups (broad SMARTS) is 1. The standard InChI is InChI=1S/C23H21NO4S2/c1-2-20(23(25)26)24-15-21-22(30(24,27)28)14-19(29-21)13-10-16-8-11-18(12-9-16)17-6-4-3-5-7-17/h3-14,20H,2,15H2,1H3,(H,25,26). The smallest absolute Gasteiger partial charge is 0.322 e. The van der Waals surface area contributed by atoms with Crippen molar-refractivity contribution in [2.45, 2.75) is 30.8 Å². The lowest BCUT2D eigenvalue weighted by atomic mass is 10.0. The van der Waals surface area contributed by atoms with Gasteiger partial charge in [0.2, 0.25) is 10.0 Å². The zero-order valence-electron chi connectivity index (χ0n) is 16.4. The van der Waals surface area contributed by atoms with E-state index in [1.165, 1.54) is 11.3 Å². The Kier molecular flexibility index (Phi) is 5.60. The Balaban J connectivity index is 1.52. The predicted molar refractivity (Wildman–Crippen MR) is 120 cm³/mol. The van der Waals surface area contributed by atoms with Crippen LogP contribution in [0.25, 0.3) is 23.3 Å². The molecule has 0 saturated carbocycles. The Bertz CT molecular complexity index is 1200. The molecule has 0 amide bonds. The predicted octanol–water partition coefficient (Wildman–Crippen LogP) is 4.95. The van der Waals surface area contributed by atoms with Crippen molar-refractivity contribution in [3.63, 3.8) is 0 Å². The van der Waals surface area contributed by atoms with Gasteiger partial charge in [-0.1, -0.05) is 67.6 Å². The lowest BCUT2D eigenvalue weighted by molar-refractivity contribution is -0.141. The fourth-order valence-electron chi connectivity index (χ4n) is 3.57. The van der Waals surface area contributed by atoms with Crippen LogP contribution in [0.2, 0.25) is 0 Å². The molecule has 7 heteroatoms. The second-order valence-electron chi connectivity index (χ2n) is 7.07. The summed E-state index contributed by atoms with van der Waals surface area (Å²) in [5, 5.41) is 9.33. The third-order valence-corrected chi connectivity index (χ3v) is 8.29. The van der Waals surface area contributed by atoms with Crippen LogP contribution in [0.1, 0.15) is 28.7 Å². The first-order chi connectivity index (χ1) is 14.4. The molecule has 1 N–H and O–H groups in total. The molecule has 1 aliphatic rings. The largest absolute Gasteiger partial charge is 0.480 e. The van der Waals surface area contributed by atoms with E-state index in [4.69, 9.17) is 0 Å². The molecule has 0 radical (unpaired) electrons. The zero-order valence-corrected chi connectivity index (χ0v) is 18.0. The number of aliphatic carboxylic acids is 1. The lowest BCUT2D eigenvalue weighted by Crippen LogP contribution is -2.40. The van der Waals surface area contributed by atoms with Gasteiger partial charge in [0, 0.05) is 9.75 Å². The highest BCUT2D eigenvalue weighted by Gasteiger charge is 2.42. The van der Waals surface area contributed by atoms with Crippen LogP contribution in [0.5, 0.6) is 0 Å². The number of carboxylic acids is 1. The van der Waals surface area contributed by atoms with Gasteiger partial charge in [0.1, 0.15) is 6.04 Å².